The summed E-state index contributed by atoms with van der Waals surface area (Å²) in [7, 11) is 0. The summed E-state index contributed by atoms with van der Waals surface area (Å²) >= 11 is 1.58. The number of rotatable bonds is 5. The second-order valence-corrected chi connectivity index (χ2v) is 7.86. The average molecular weight is 350 g/mol. The summed E-state index contributed by atoms with van der Waals surface area (Å²) in [5, 5.41) is 0. The Labute approximate surface area is 147 Å². The average Bonchev–Trinajstić information content (AvgIpc) is 3.10. The summed E-state index contributed by atoms with van der Waals surface area (Å²) in [5.74, 6) is 1.04. The Hall–Kier alpha value is -1.50. The van der Waals surface area contributed by atoms with Crippen LogP contribution in [0.25, 0.3) is 0 Å². The van der Waals surface area contributed by atoms with Crippen molar-refractivity contribution in [1.82, 2.24) is 19.8 Å². The van der Waals surface area contributed by atoms with Crippen molar-refractivity contribution < 1.29 is 9.59 Å². The van der Waals surface area contributed by atoms with Crippen LogP contribution >= 0.6 is 11.8 Å². The molecule has 1 aromatic rings. The van der Waals surface area contributed by atoms with Crippen LogP contribution in [-0.2, 0) is 16.0 Å². The zero-order chi connectivity index (χ0) is 17.0. The molecule has 2 aliphatic rings. The third-order valence-corrected chi connectivity index (χ3v) is 5.77. The number of nitrogens with zero attached hydrogens (tertiary/aromatic N) is 3. The number of aromatic nitrogens is 2. The van der Waals surface area contributed by atoms with E-state index in [1.54, 1.807) is 18.1 Å². The molecule has 0 aliphatic carbocycles. The van der Waals surface area contributed by atoms with Gasteiger partial charge in [0.1, 0.15) is 0 Å². The van der Waals surface area contributed by atoms with Gasteiger partial charge in [-0.05, 0) is 25.5 Å². The molecule has 6 nitrogen and oxygen atoms in total. The van der Waals surface area contributed by atoms with Gasteiger partial charge in [0.25, 0.3) is 0 Å². The molecule has 3 rings (SSSR count). The molecule has 132 valence electrons. The first-order valence-electron chi connectivity index (χ1n) is 8.64. The number of hydrogen-bond donors (Lipinski definition) is 1. The van der Waals surface area contributed by atoms with Gasteiger partial charge in [-0.1, -0.05) is 0 Å². The summed E-state index contributed by atoms with van der Waals surface area (Å²) < 4.78 is 0. The van der Waals surface area contributed by atoms with Crippen molar-refractivity contribution in [3.63, 3.8) is 0 Å². The molecule has 24 heavy (non-hydrogen) atoms. The quantitative estimate of drug-likeness (QED) is 0.875. The summed E-state index contributed by atoms with van der Waals surface area (Å²) in [6.07, 6.45) is 9.93. The van der Waals surface area contributed by atoms with Crippen molar-refractivity contribution in [1.29, 1.82) is 0 Å². The van der Waals surface area contributed by atoms with Gasteiger partial charge in [-0.3, -0.25) is 9.59 Å². The highest BCUT2D eigenvalue weighted by molar-refractivity contribution is 7.99. The minimum absolute atomic E-state index is 0.0915. The predicted molar refractivity (Wildman–Crippen MR) is 94.7 cm³/mol. The molecule has 1 aromatic heterocycles. The minimum Gasteiger partial charge on any atom is -0.348 e. The Morgan fingerprint density at radius 1 is 1.42 bits per heavy atom. The number of imidazole rings is 1. The van der Waals surface area contributed by atoms with Crippen LogP contribution in [0, 0.1) is 5.41 Å². The topological polar surface area (TPSA) is 69.3 Å². The van der Waals surface area contributed by atoms with E-state index in [1.807, 2.05) is 22.3 Å². The molecule has 1 N–H and O–H groups in total. The summed E-state index contributed by atoms with van der Waals surface area (Å²) in [6, 6.07) is 0. The highest BCUT2D eigenvalue weighted by Gasteiger charge is 2.42. The van der Waals surface area contributed by atoms with Crippen LogP contribution in [0.3, 0.4) is 0 Å². The summed E-state index contributed by atoms with van der Waals surface area (Å²) in [6.45, 7) is 3.17. The van der Waals surface area contributed by atoms with Crippen LogP contribution in [0.1, 0.15) is 31.4 Å². The van der Waals surface area contributed by atoms with Crippen LogP contribution in [0.15, 0.2) is 12.5 Å². The van der Waals surface area contributed by atoms with E-state index >= 15 is 0 Å². The standard InChI is InChI=1S/C17H26N4O2S/c1-24-10-16(23)20-7-2-5-17(11-20)6-3-15(22)21(12-17)8-4-14-9-18-13-19-14/h9,13H,2-8,10-12H2,1H3,(H,18,19)/t17-/m0/s1. The van der Waals surface area contributed by atoms with Crippen LogP contribution in [0.2, 0.25) is 0 Å². The number of hydrogen-bond acceptors (Lipinski definition) is 4. The van der Waals surface area contributed by atoms with E-state index < -0.39 is 0 Å². The first-order valence-corrected chi connectivity index (χ1v) is 10.0. The van der Waals surface area contributed by atoms with Gasteiger partial charge in [0.15, 0.2) is 0 Å². The van der Waals surface area contributed by atoms with Gasteiger partial charge in [0, 0.05) is 56.3 Å². The number of likely N-dealkylation sites (tertiary alicyclic amines) is 2. The third kappa shape index (κ3) is 3.94. The van der Waals surface area contributed by atoms with E-state index in [4.69, 9.17) is 0 Å². The van der Waals surface area contributed by atoms with E-state index in [-0.39, 0.29) is 17.2 Å². The first-order chi connectivity index (χ1) is 11.6. The fraction of sp³-hybridized carbons (Fsp3) is 0.706. The molecule has 0 unspecified atom stereocenters. The number of amides is 2. The lowest BCUT2D eigenvalue weighted by molar-refractivity contribution is -0.142. The van der Waals surface area contributed by atoms with Gasteiger partial charge in [-0.15, -0.1) is 0 Å². The number of piperidine rings is 2. The second-order valence-electron chi connectivity index (χ2n) is 6.99. The number of nitrogens with one attached hydrogen (secondary N) is 1. The van der Waals surface area contributed by atoms with Crippen LogP contribution in [-0.4, -0.2) is 69.8 Å². The molecular formula is C17H26N4O2S. The van der Waals surface area contributed by atoms with E-state index in [9.17, 15) is 9.59 Å². The SMILES string of the molecule is CSCC(=O)N1CCC[C@]2(CCC(=O)N(CCc3cnc[nH]3)C2)C1. The summed E-state index contributed by atoms with van der Waals surface area (Å²) in [4.78, 5) is 35.7. The summed E-state index contributed by atoms with van der Waals surface area (Å²) in [5.41, 5.74) is 1.15. The monoisotopic (exact) mass is 350 g/mol. The minimum atomic E-state index is 0.0915. The van der Waals surface area contributed by atoms with Gasteiger partial charge < -0.3 is 14.8 Å². The Morgan fingerprint density at radius 3 is 3.04 bits per heavy atom. The Kier molecular flexibility index (Phi) is 5.48. The Bertz CT molecular complexity index is 577. The highest BCUT2D eigenvalue weighted by Crippen LogP contribution is 2.39. The van der Waals surface area contributed by atoms with Gasteiger partial charge in [-0.25, -0.2) is 4.98 Å². The third-order valence-electron chi connectivity index (χ3n) is 5.24. The lowest BCUT2D eigenvalue weighted by atomic mass is 9.73. The number of carbonyl (C=O) groups is 2. The molecule has 0 bridgehead atoms. The molecule has 1 spiro atoms. The fourth-order valence-electron chi connectivity index (χ4n) is 3.95. The van der Waals surface area contributed by atoms with E-state index in [0.29, 0.717) is 12.2 Å². The zero-order valence-electron chi connectivity index (χ0n) is 14.3. The van der Waals surface area contributed by atoms with Crippen molar-refractivity contribution >= 4 is 23.6 Å². The molecule has 0 saturated carbocycles. The number of carbonyl (C=O) groups excluding carboxylic acids is 2. The van der Waals surface area contributed by atoms with Gasteiger partial charge in [0.05, 0.1) is 12.1 Å². The maximum absolute atomic E-state index is 12.3. The maximum atomic E-state index is 12.3. The first kappa shape index (κ1) is 17.3. The molecular weight excluding hydrogens is 324 g/mol. The van der Waals surface area contributed by atoms with Crippen LogP contribution in [0.5, 0.6) is 0 Å². The number of H-pyrrole nitrogens is 1. The van der Waals surface area contributed by atoms with Gasteiger partial charge in [-0.2, -0.15) is 11.8 Å². The second kappa shape index (κ2) is 7.59. The molecule has 3 heterocycles. The normalized spacial score (nSPS) is 24.6. The molecule has 0 aromatic carbocycles. The largest absolute Gasteiger partial charge is 0.348 e. The van der Waals surface area contributed by atoms with Crippen molar-refractivity contribution in [2.75, 3.05) is 38.2 Å². The molecule has 2 saturated heterocycles. The van der Waals surface area contributed by atoms with Gasteiger partial charge >= 0.3 is 0 Å². The van der Waals surface area contributed by atoms with Crippen molar-refractivity contribution in [2.24, 2.45) is 5.41 Å². The zero-order valence-corrected chi connectivity index (χ0v) is 15.1. The lowest BCUT2D eigenvalue weighted by Gasteiger charge is -2.48. The number of thioether (sulfide) groups is 1. The van der Waals surface area contributed by atoms with Crippen molar-refractivity contribution in [3.8, 4) is 0 Å². The van der Waals surface area contributed by atoms with E-state index in [0.717, 1.165) is 57.6 Å². The van der Waals surface area contributed by atoms with Gasteiger partial charge in [0.2, 0.25) is 11.8 Å². The number of aromatic amines is 1. The lowest BCUT2D eigenvalue weighted by Crippen LogP contribution is -2.55. The molecule has 2 fully saturated rings. The molecule has 2 aliphatic heterocycles. The van der Waals surface area contributed by atoms with Crippen molar-refractivity contribution in [3.05, 3.63) is 18.2 Å². The van der Waals surface area contributed by atoms with E-state index in [1.165, 1.54) is 0 Å². The molecule has 2 amide bonds. The molecule has 1 atom stereocenters. The smallest absolute Gasteiger partial charge is 0.232 e. The van der Waals surface area contributed by atoms with Crippen LogP contribution in [0.4, 0.5) is 0 Å². The fourth-order valence-corrected chi connectivity index (χ4v) is 4.38. The maximum Gasteiger partial charge on any atom is 0.232 e. The predicted octanol–water partition coefficient (Wildman–Crippen LogP) is 1.55. The van der Waals surface area contributed by atoms with Crippen molar-refractivity contribution in [2.45, 2.75) is 32.1 Å². The highest BCUT2D eigenvalue weighted by atomic mass is 32.2. The van der Waals surface area contributed by atoms with Crippen LogP contribution < -0.4 is 0 Å². The molecule has 7 heteroatoms. The van der Waals surface area contributed by atoms with E-state index in [2.05, 4.69) is 9.97 Å². The molecule has 0 radical (unpaired) electrons. The Morgan fingerprint density at radius 2 is 2.29 bits per heavy atom. The Balaban J connectivity index is 1.62.